The fourth-order valence-corrected chi connectivity index (χ4v) is 3.47. The molecule has 1 unspecified atom stereocenters. The maximum Gasteiger partial charge on any atom is 0.260 e. The van der Waals surface area contributed by atoms with Crippen LogP contribution >= 0.6 is 15.9 Å². The van der Waals surface area contributed by atoms with Gasteiger partial charge in [-0.15, -0.1) is 0 Å². The van der Waals surface area contributed by atoms with Crippen LogP contribution in [0.4, 0.5) is 4.39 Å². The molecule has 1 amide bonds. The van der Waals surface area contributed by atoms with Crippen molar-refractivity contribution in [1.82, 2.24) is 10.0 Å². The molecule has 0 aliphatic carbocycles. The van der Waals surface area contributed by atoms with Gasteiger partial charge < -0.3 is 10.1 Å². The van der Waals surface area contributed by atoms with Crippen molar-refractivity contribution in [1.29, 1.82) is 0 Å². The largest absolute Gasteiger partial charge is 0.480 e. The Balaban J connectivity index is 1.77. The first-order valence-corrected chi connectivity index (χ1v) is 10.6. The summed E-state index contributed by atoms with van der Waals surface area (Å²) in [6.07, 6.45) is -0.869. The fourth-order valence-electron chi connectivity index (χ4n) is 2.13. The van der Waals surface area contributed by atoms with Crippen molar-refractivity contribution in [3.05, 3.63) is 64.4 Å². The summed E-state index contributed by atoms with van der Waals surface area (Å²) in [4.78, 5) is 12.1. The molecule has 0 bridgehead atoms. The summed E-state index contributed by atoms with van der Waals surface area (Å²) in [5, 5.41) is 2.52. The van der Waals surface area contributed by atoms with E-state index in [4.69, 9.17) is 4.74 Å². The van der Waals surface area contributed by atoms with Gasteiger partial charge in [0.15, 0.2) is 6.10 Å². The van der Waals surface area contributed by atoms with Crippen LogP contribution in [-0.2, 0) is 21.4 Å². The first-order chi connectivity index (χ1) is 12.8. The summed E-state index contributed by atoms with van der Waals surface area (Å²) in [5.41, 5.74) is 0.844. The normalized spacial score (nSPS) is 12.4. The fraction of sp³-hybridized carbons (Fsp3) is 0.278. The quantitative estimate of drug-likeness (QED) is 0.604. The maximum absolute atomic E-state index is 13.1. The molecule has 27 heavy (non-hydrogen) atoms. The van der Waals surface area contributed by atoms with Crippen molar-refractivity contribution in [2.75, 3.05) is 12.3 Å². The number of amides is 1. The molecule has 2 rings (SSSR count). The summed E-state index contributed by atoms with van der Waals surface area (Å²) >= 11 is 3.16. The zero-order chi connectivity index (χ0) is 19.9. The van der Waals surface area contributed by atoms with E-state index in [1.165, 1.54) is 25.1 Å². The molecule has 0 aliphatic rings. The Bertz CT molecular complexity index is 878. The number of halogens is 2. The molecule has 2 N–H and O–H groups in total. The molecule has 0 fully saturated rings. The standard InChI is InChI=1S/C18H20BrFN2O4S/c1-13(26-17-8-7-15(20)11-16(17)19)18(23)21-9-10-27(24,25)22-12-14-5-3-2-4-6-14/h2-8,11,13,22H,9-10,12H2,1H3,(H,21,23). The topological polar surface area (TPSA) is 84.5 Å². The number of carbonyl (C=O) groups is 1. The predicted octanol–water partition coefficient (Wildman–Crippen LogP) is 2.59. The number of sulfonamides is 1. The molecular formula is C18H20BrFN2O4S. The third-order valence-corrected chi connectivity index (χ3v) is 5.52. The van der Waals surface area contributed by atoms with E-state index in [0.717, 1.165) is 5.56 Å². The second kappa shape index (κ2) is 9.82. The van der Waals surface area contributed by atoms with Crippen molar-refractivity contribution in [3.63, 3.8) is 0 Å². The van der Waals surface area contributed by atoms with E-state index in [0.29, 0.717) is 10.2 Å². The summed E-state index contributed by atoms with van der Waals surface area (Å²) in [6.45, 7) is 1.66. The first kappa shape index (κ1) is 21.3. The third-order valence-electron chi connectivity index (χ3n) is 3.58. The molecule has 1 atom stereocenters. The van der Waals surface area contributed by atoms with E-state index in [-0.39, 0.29) is 18.8 Å². The lowest BCUT2D eigenvalue weighted by atomic mass is 10.2. The van der Waals surface area contributed by atoms with Crippen molar-refractivity contribution < 1.29 is 22.3 Å². The molecule has 0 radical (unpaired) electrons. The number of hydrogen-bond donors (Lipinski definition) is 2. The third kappa shape index (κ3) is 7.28. The Kier molecular flexibility index (Phi) is 7.76. The number of ether oxygens (including phenoxy) is 1. The smallest absolute Gasteiger partial charge is 0.260 e. The SMILES string of the molecule is CC(Oc1ccc(F)cc1Br)C(=O)NCCS(=O)(=O)NCc1ccccc1. The second-order valence-corrected chi connectivity index (χ2v) is 8.53. The minimum Gasteiger partial charge on any atom is -0.480 e. The molecule has 0 aromatic heterocycles. The monoisotopic (exact) mass is 458 g/mol. The van der Waals surface area contributed by atoms with Crippen LogP contribution in [0.1, 0.15) is 12.5 Å². The minimum absolute atomic E-state index is 0.0543. The highest BCUT2D eigenvalue weighted by Gasteiger charge is 2.17. The molecule has 0 saturated heterocycles. The van der Waals surface area contributed by atoms with Crippen molar-refractivity contribution in [3.8, 4) is 5.75 Å². The van der Waals surface area contributed by atoms with E-state index >= 15 is 0 Å². The summed E-state index contributed by atoms with van der Waals surface area (Å²) < 4.78 is 45.4. The van der Waals surface area contributed by atoms with E-state index in [2.05, 4.69) is 26.0 Å². The van der Waals surface area contributed by atoms with Gasteiger partial charge in [-0.3, -0.25) is 4.79 Å². The van der Waals surface area contributed by atoms with Crippen LogP contribution in [0.3, 0.4) is 0 Å². The second-order valence-electron chi connectivity index (χ2n) is 5.75. The van der Waals surface area contributed by atoms with Gasteiger partial charge in [-0.25, -0.2) is 17.5 Å². The van der Waals surface area contributed by atoms with E-state index in [9.17, 15) is 17.6 Å². The number of hydrogen-bond acceptors (Lipinski definition) is 4. The summed E-state index contributed by atoms with van der Waals surface area (Å²) in [5.74, 6) is -0.835. The lowest BCUT2D eigenvalue weighted by Crippen LogP contribution is -2.40. The molecule has 6 nitrogen and oxygen atoms in total. The van der Waals surface area contributed by atoms with Crippen LogP contribution in [-0.4, -0.2) is 32.7 Å². The first-order valence-electron chi connectivity index (χ1n) is 8.17. The number of benzene rings is 2. The zero-order valence-corrected chi connectivity index (χ0v) is 17.0. The number of rotatable bonds is 9. The van der Waals surface area contributed by atoms with E-state index in [1.54, 1.807) is 0 Å². The number of nitrogens with one attached hydrogen (secondary N) is 2. The maximum atomic E-state index is 13.1. The molecule has 2 aromatic rings. The molecule has 0 heterocycles. The Morgan fingerprint density at radius 3 is 2.59 bits per heavy atom. The van der Waals surface area contributed by atoms with Gasteiger partial charge in [-0.2, -0.15) is 0 Å². The molecular weight excluding hydrogens is 439 g/mol. The Morgan fingerprint density at radius 2 is 1.93 bits per heavy atom. The van der Waals surface area contributed by atoms with Gasteiger partial charge in [0.2, 0.25) is 10.0 Å². The minimum atomic E-state index is -3.53. The predicted molar refractivity (Wildman–Crippen MR) is 104 cm³/mol. The Morgan fingerprint density at radius 1 is 1.22 bits per heavy atom. The molecule has 0 saturated carbocycles. The van der Waals surface area contributed by atoms with Gasteiger partial charge in [0.05, 0.1) is 10.2 Å². The molecule has 146 valence electrons. The van der Waals surface area contributed by atoms with Gasteiger partial charge in [-0.05, 0) is 46.6 Å². The Hall–Kier alpha value is -1.97. The lowest BCUT2D eigenvalue weighted by molar-refractivity contribution is -0.127. The highest BCUT2D eigenvalue weighted by molar-refractivity contribution is 9.10. The van der Waals surface area contributed by atoms with Gasteiger partial charge in [0.1, 0.15) is 11.6 Å². The molecule has 9 heteroatoms. The van der Waals surface area contributed by atoms with Crippen LogP contribution < -0.4 is 14.8 Å². The highest BCUT2D eigenvalue weighted by atomic mass is 79.9. The van der Waals surface area contributed by atoms with Gasteiger partial charge in [0.25, 0.3) is 5.91 Å². The van der Waals surface area contributed by atoms with E-state index < -0.39 is 27.9 Å². The van der Waals surface area contributed by atoms with E-state index in [1.807, 2.05) is 30.3 Å². The zero-order valence-electron chi connectivity index (χ0n) is 14.6. The average Bonchev–Trinajstić information content (AvgIpc) is 2.63. The number of carbonyl (C=O) groups excluding carboxylic acids is 1. The van der Waals surface area contributed by atoms with Gasteiger partial charge in [-0.1, -0.05) is 30.3 Å². The lowest BCUT2D eigenvalue weighted by Gasteiger charge is -2.16. The van der Waals surface area contributed by atoms with Crippen LogP contribution in [0.15, 0.2) is 53.0 Å². The summed E-state index contributed by atoms with van der Waals surface area (Å²) in [7, 11) is -3.53. The highest BCUT2D eigenvalue weighted by Crippen LogP contribution is 2.26. The molecule has 2 aromatic carbocycles. The average molecular weight is 459 g/mol. The van der Waals surface area contributed by atoms with Crippen molar-refractivity contribution in [2.24, 2.45) is 0 Å². The van der Waals surface area contributed by atoms with Crippen LogP contribution in [0.5, 0.6) is 5.75 Å². The van der Waals surface area contributed by atoms with Crippen molar-refractivity contribution >= 4 is 31.9 Å². The molecule has 0 aliphatic heterocycles. The summed E-state index contributed by atoms with van der Waals surface area (Å²) in [6, 6.07) is 13.0. The molecule has 0 spiro atoms. The van der Waals surface area contributed by atoms with Gasteiger partial charge in [0, 0.05) is 13.1 Å². The van der Waals surface area contributed by atoms with Gasteiger partial charge >= 0.3 is 0 Å². The van der Waals surface area contributed by atoms with Crippen molar-refractivity contribution in [2.45, 2.75) is 19.6 Å². The van der Waals surface area contributed by atoms with Crippen LogP contribution in [0.2, 0.25) is 0 Å². The van der Waals surface area contributed by atoms with Crippen LogP contribution in [0, 0.1) is 5.82 Å². The van der Waals surface area contributed by atoms with Crippen LogP contribution in [0.25, 0.3) is 0 Å². The Labute approximate surface area is 166 Å².